The van der Waals surface area contributed by atoms with Crippen LogP contribution < -0.4 is 5.73 Å². The first-order valence-electron chi connectivity index (χ1n) is 8.24. The normalized spacial score (nSPS) is 27.9. The molecule has 1 aliphatic heterocycles. The average Bonchev–Trinajstić information content (AvgIpc) is 2.47. The Morgan fingerprint density at radius 3 is 2.48 bits per heavy atom. The highest BCUT2D eigenvalue weighted by molar-refractivity contribution is 7.88. The van der Waals surface area contributed by atoms with Crippen molar-refractivity contribution in [3.05, 3.63) is 0 Å². The molecule has 2 aliphatic rings. The molecule has 1 atom stereocenters. The van der Waals surface area contributed by atoms with Gasteiger partial charge in [0, 0.05) is 31.7 Å². The van der Waals surface area contributed by atoms with Crippen molar-refractivity contribution in [1.82, 2.24) is 9.21 Å². The van der Waals surface area contributed by atoms with Crippen molar-refractivity contribution in [1.29, 1.82) is 0 Å². The van der Waals surface area contributed by atoms with Crippen LogP contribution in [0.15, 0.2) is 0 Å². The molecule has 5 nitrogen and oxygen atoms in total. The maximum atomic E-state index is 11.7. The molecule has 0 aromatic heterocycles. The van der Waals surface area contributed by atoms with Crippen molar-refractivity contribution in [2.45, 2.75) is 50.5 Å². The predicted octanol–water partition coefficient (Wildman–Crippen LogP) is 1.25. The minimum absolute atomic E-state index is 0.144. The van der Waals surface area contributed by atoms with Crippen LogP contribution in [0.5, 0.6) is 0 Å². The summed E-state index contributed by atoms with van der Waals surface area (Å²) in [5.74, 6) is 0.434. The van der Waals surface area contributed by atoms with E-state index in [2.05, 4.69) is 11.9 Å². The Bertz CT molecular complexity index is 432. The zero-order chi connectivity index (χ0) is 15.5. The van der Waals surface area contributed by atoms with Gasteiger partial charge in [-0.3, -0.25) is 4.90 Å². The van der Waals surface area contributed by atoms with E-state index < -0.39 is 10.0 Å². The maximum Gasteiger partial charge on any atom is 0.211 e. The molecule has 0 radical (unpaired) electrons. The van der Waals surface area contributed by atoms with Gasteiger partial charge in [-0.1, -0.05) is 19.3 Å². The van der Waals surface area contributed by atoms with Gasteiger partial charge in [0.1, 0.15) is 0 Å². The summed E-state index contributed by atoms with van der Waals surface area (Å²) in [7, 11) is -0.872. The highest BCUT2D eigenvalue weighted by Gasteiger charge is 2.36. The number of nitrogens with zero attached hydrogens (tertiary/aromatic N) is 2. The highest BCUT2D eigenvalue weighted by Crippen LogP contribution is 2.33. The minimum Gasteiger partial charge on any atom is -0.329 e. The van der Waals surface area contributed by atoms with Gasteiger partial charge in [0.25, 0.3) is 0 Å². The molecular weight excluding hydrogens is 286 g/mol. The number of likely N-dealkylation sites (N-methyl/N-ethyl adjacent to an activating group) is 1. The maximum absolute atomic E-state index is 11.7. The fourth-order valence-corrected chi connectivity index (χ4v) is 4.95. The monoisotopic (exact) mass is 317 g/mol. The van der Waals surface area contributed by atoms with E-state index in [1.54, 1.807) is 4.31 Å². The highest BCUT2D eigenvalue weighted by atomic mass is 32.2. The van der Waals surface area contributed by atoms with Crippen molar-refractivity contribution < 1.29 is 8.42 Å². The molecule has 0 bridgehead atoms. The zero-order valence-electron chi connectivity index (χ0n) is 13.6. The molecule has 0 aromatic rings. The molecule has 124 valence electrons. The second kappa shape index (κ2) is 6.94. The molecule has 2 fully saturated rings. The first-order chi connectivity index (χ1) is 9.87. The smallest absolute Gasteiger partial charge is 0.211 e. The van der Waals surface area contributed by atoms with Crippen molar-refractivity contribution in [3.63, 3.8) is 0 Å². The van der Waals surface area contributed by atoms with E-state index in [-0.39, 0.29) is 5.54 Å². The topological polar surface area (TPSA) is 66.6 Å². The van der Waals surface area contributed by atoms with Gasteiger partial charge in [0.15, 0.2) is 0 Å². The Labute approximate surface area is 129 Å². The van der Waals surface area contributed by atoms with E-state index in [0.29, 0.717) is 25.6 Å². The van der Waals surface area contributed by atoms with Gasteiger partial charge >= 0.3 is 0 Å². The molecule has 21 heavy (non-hydrogen) atoms. The van der Waals surface area contributed by atoms with Crippen molar-refractivity contribution >= 4 is 10.0 Å². The van der Waals surface area contributed by atoms with Crippen molar-refractivity contribution in [2.24, 2.45) is 11.7 Å². The quantitative estimate of drug-likeness (QED) is 0.829. The van der Waals surface area contributed by atoms with Gasteiger partial charge < -0.3 is 5.73 Å². The third-order valence-electron chi connectivity index (χ3n) is 5.46. The van der Waals surface area contributed by atoms with Gasteiger partial charge in [-0.2, -0.15) is 0 Å². The summed E-state index contributed by atoms with van der Waals surface area (Å²) < 4.78 is 25.1. The molecule has 0 aromatic carbocycles. The second-order valence-electron chi connectivity index (χ2n) is 7.00. The average molecular weight is 317 g/mol. The van der Waals surface area contributed by atoms with Crippen LogP contribution in [0.25, 0.3) is 0 Å². The Morgan fingerprint density at radius 1 is 1.24 bits per heavy atom. The van der Waals surface area contributed by atoms with Crippen LogP contribution in [0.3, 0.4) is 0 Å². The lowest BCUT2D eigenvalue weighted by molar-refractivity contribution is 0.0579. The standard InChI is InChI=1S/C15H31N3O2S/c1-17(15(13-16)8-4-3-5-9-15)11-14-7-6-10-18(12-14)21(2,19)20/h14H,3-13,16H2,1-2H3. The van der Waals surface area contributed by atoms with Gasteiger partial charge in [-0.25, -0.2) is 12.7 Å². The molecule has 1 unspecified atom stereocenters. The van der Waals surface area contributed by atoms with Gasteiger partial charge in [-0.05, 0) is 38.6 Å². The number of piperidine rings is 1. The van der Waals surface area contributed by atoms with E-state index in [9.17, 15) is 8.42 Å². The zero-order valence-corrected chi connectivity index (χ0v) is 14.4. The molecule has 2 N–H and O–H groups in total. The third kappa shape index (κ3) is 4.18. The van der Waals surface area contributed by atoms with E-state index >= 15 is 0 Å². The SMILES string of the molecule is CN(CC1CCCN(S(C)(=O)=O)C1)C1(CN)CCCCC1. The van der Waals surface area contributed by atoms with Crippen LogP contribution >= 0.6 is 0 Å². The molecule has 1 saturated carbocycles. The third-order valence-corrected chi connectivity index (χ3v) is 6.73. The number of rotatable bonds is 5. The Hall–Kier alpha value is -0.170. The minimum atomic E-state index is -3.05. The molecule has 6 heteroatoms. The summed E-state index contributed by atoms with van der Waals surface area (Å²) in [6.45, 7) is 3.03. The summed E-state index contributed by atoms with van der Waals surface area (Å²) in [6.07, 6.45) is 9.63. The molecule has 0 amide bonds. The van der Waals surface area contributed by atoms with Crippen LogP contribution in [-0.2, 0) is 10.0 Å². The summed E-state index contributed by atoms with van der Waals surface area (Å²) in [5, 5.41) is 0. The largest absolute Gasteiger partial charge is 0.329 e. The van der Waals surface area contributed by atoms with E-state index in [0.717, 1.165) is 19.4 Å². The number of nitrogens with two attached hydrogens (primary N) is 1. The van der Waals surface area contributed by atoms with Crippen molar-refractivity contribution in [2.75, 3.05) is 39.5 Å². The first kappa shape index (κ1) is 17.2. The molecule has 1 saturated heterocycles. The molecule has 1 heterocycles. The fourth-order valence-electron chi connectivity index (χ4n) is 4.01. The number of hydrogen-bond acceptors (Lipinski definition) is 4. The van der Waals surface area contributed by atoms with Gasteiger partial charge in [-0.15, -0.1) is 0 Å². The lowest BCUT2D eigenvalue weighted by Crippen LogP contribution is -2.55. The fraction of sp³-hybridized carbons (Fsp3) is 1.00. The molecule has 2 rings (SSSR count). The number of sulfonamides is 1. The van der Waals surface area contributed by atoms with Crippen LogP contribution in [0.4, 0.5) is 0 Å². The summed E-state index contributed by atoms with van der Waals surface area (Å²) in [4.78, 5) is 2.43. The van der Waals surface area contributed by atoms with Crippen LogP contribution in [-0.4, -0.2) is 62.6 Å². The Balaban J connectivity index is 1.96. The van der Waals surface area contributed by atoms with E-state index in [1.807, 2.05) is 0 Å². The first-order valence-corrected chi connectivity index (χ1v) is 10.1. The van der Waals surface area contributed by atoms with E-state index in [1.165, 1.54) is 38.4 Å². The van der Waals surface area contributed by atoms with Crippen LogP contribution in [0.1, 0.15) is 44.9 Å². The lowest BCUT2D eigenvalue weighted by Gasteiger charge is -2.46. The second-order valence-corrected chi connectivity index (χ2v) is 8.98. The number of hydrogen-bond donors (Lipinski definition) is 1. The van der Waals surface area contributed by atoms with Gasteiger partial charge in [0.05, 0.1) is 6.26 Å². The van der Waals surface area contributed by atoms with Gasteiger partial charge in [0.2, 0.25) is 10.0 Å². The lowest BCUT2D eigenvalue weighted by atomic mass is 9.80. The predicted molar refractivity (Wildman–Crippen MR) is 86.6 cm³/mol. The van der Waals surface area contributed by atoms with Crippen molar-refractivity contribution in [3.8, 4) is 0 Å². The Kier molecular flexibility index (Phi) is 5.68. The Morgan fingerprint density at radius 2 is 1.90 bits per heavy atom. The summed E-state index contributed by atoms with van der Waals surface area (Å²) in [6, 6.07) is 0. The molecule has 0 spiro atoms. The molecular formula is C15H31N3O2S. The van der Waals surface area contributed by atoms with E-state index in [4.69, 9.17) is 5.73 Å². The van der Waals surface area contributed by atoms with Crippen LogP contribution in [0, 0.1) is 5.92 Å². The molecule has 1 aliphatic carbocycles. The summed E-state index contributed by atoms with van der Waals surface area (Å²) >= 11 is 0. The van der Waals surface area contributed by atoms with Crippen LogP contribution in [0.2, 0.25) is 0 Å². The summed E-state index contributed by atoms with van der Waals surface area (Å²) in [5.41, 5.74) is 6.24.